The minimum absolute atomic E-state index is 0.0798. The van der Waals surface area contributed by atoms with Gasteiger partial charge in [-0.25, -0.2) is 4.99 Å². The quantitative estimate of drug-likeness (QED) is 0.619. The van der Waals surface area contributed by atoms with Crippen molar-refractivity contribution in [2.75, 3.05) is 6.61 Å². The maximum absolute atomic E-state index is 10.7. The first-order chi connectivity index (χ1) is 8.87. The molecule has 1 aliphatic heterocycles. The van der Waals surface area contributed by atoms with Crippen molar-refractivity contribution in [3.05, 3.63) is 45.5 Å². The Bertz CT molecular complexity index is 574. The van der Waals surface area contributed by atoms with Gasteiger partial charge in [-0.1, -0.05) is 12.1 Å². The zero-order valence-electron chi connectivity index (χ0n) is 11.2. The van der Waals surface area contributed by atoms with Crippen LogP contribution >= 0.6 is 0 Å². The van der Waals surface area contributed by atoms with E-state index in [-0.39, 0.29) is 11.2 Å². The van der Waals surface area contributed by atoms with Crippen LogP contribution in [-0.2, 0) is 4.74 Å². The molecule has 1 aromatic rings. The Hall–Kier alpha value is -2.17. The summed E-state index contributed by atoms with van der Waals surface area (Å²) >= 11 is 0. The van der Waals surface area contributed by atoms with Crippen molar-refractivity contribution in [2.45, 2.75) is 26.3 Å². The van der Waals surface area contributed by atoms with Gasteiger partial charge in [0.1, 0.15) is 6.61 Å². The second-order valence-electron chi connectivity index (χ2n) is 5.20. The summed E-state index contributed by atoms with van der Waals surface area (Å²) in [5.41, 5.74) is 1.51. The summed E-state index contributed by atoms with van der Waals surface area (Å²) in [4.78, 5) is 14.8. The van der Waals surface area contributed by atoms with Crippen molar-refractivity contribution in [1.29, 1.82) is 0 Å². The third-order valence-electron chi connectivity index (χ3n) is 2.77. The predicted octanol–water partition coefficient (Wildman–Crippen LogP) is 3.21. The van der Waals surface area contributed by atoms with E-state index in [0.717, 1.165) is 11.1 Å². The van der Waals surface area contributed by atoms with E-state index in [0.29, 0.717) is 12.5 Å². The number of aliphatic imine (C=N–C) groups is 1. The summed E-state index contributed by atoms with van der Waals surface area (Å²) in [7, 11) is 0. The molecule has 0 bridgehead atoms. The van der Waals surface area contributed by atoms with Crippen LogP contribution < -0.4 is 0 Å². The van der Waals surface area contributed by atoms with E-state index in [9.17, 15) is 10.1 Å². The van der Waals surface area contributed by atoms with Gasteiger partial charge in [-0.15, -0.1) is 0 Å². The van der Waals surface area contributed by atoms with Crippen LogP contribution in [-0.4, -0.2) is 23.0 Å². The minimum atomic E-state index is -0.403. The molecule has 1 aliphatic rings. The summed E-state index contributed by atoms with van der Waals surface area (Å²) in [5, 5.41) is 10.7. The first kappa shape index (κ1) is 13.3. The number of nitrogens with zero attached hydrogens (tertiary/aromatic N) is 2. The number of rotatable bonds is 3. The zero-order valence-corrected chi connectivity index (χ0v) is 11.2. The van der Waals surface area contributed by atoms with Crippen LogP contribution in [0.15, 0.2) is 34.8 Å². The Kier molecular flexibility index (Phi) is 3.38. The number of non-ortho nitro benzene ring substituents is 1. The van der Waals surface area contributed by atoms with Crippen molar-refractivity contribution in [3.63, 3.8) is 0 Å². The normalized spacial score (nSPS) is 17.8. The molecule has 0 amide bonds. The maximum atomic E-state index is 10.7. The van der Waals surface area contributed by atoms with Crippen molar-refractivity contribution in [1.82, 2.24) is 0 Å². The number of ether oxygens (including phenoxy) is 1. The summed E-state index contributed by atoms with van der Waals surface area (Å²) in [5.74, 6) is 0.608. The van der Waals surface area contributed by atoms with E-state index in [4.69, 9.17) is 4.74 Å². The molecule has 0 saturated heterocycles. The van der Waals surface area contributed by atoms with E-state index in [1.54, 1.807) is 6.07 Å². The van der Waals surface area contributed by atoms with Gasteiger partial charge < -0.3 is 4.74 Å². The van der Waals surface area contributed by atoms with Gasteiger partial charge in [0.25, 0.3) is 5.69 Å². The molecule has 0 aromatic heterocycles. The fourth-order valence-corrected chi connectivity index (χ4v) is 1.83. The lowest BCUT2D eigenvalue weighted by Crippen LogP contribution is -2.17. The number of nitro groups is 1. The molecular weight excluding hydrogens is 244 g/mol. The second kappa shape index (κ2) is 4.84. The molecule has 1 aromatic carbocycles. The molecule has 0 saturated carbocycles. The van der Waals surface area contributed by atoms with Gasteiger partial charge in [-0.05, 0) is 32.4 Å². The maximum Gasteiger partial charge on any atom is 0.270 e. The number of hydrogen-bond donors (Lipinski definition) is 0. The van der Waals surface area contributed by atoms with Gasteiger partial charge in [0, 0.05) is 17.7 Å². The Morgan fingerprint density at radius 3 is 2.84 bits per heavy atom. The average Bonchev–Trinajstić information content (AvgIpc) is 2.70. The minimum Gasteiger partial charge on any atom is -0.475 e. The van der Waals surface area contributed by atoms with Gasteiger partial charge in [-0.3, -0.25) is 10.1 Å². The summed E-state index contributed by atoms with van der Waals surface area (Å²) in [6, 6.07) is 6.49. The molecule has 19 heavy (non-hydrogen) atoms. The molecule has 100 valence electrons. The Balaban J connectivity index is 2.26. The Morgan fingerprint density at radius 1 is 1.53 bits per heavy atom. The van der Waals surface area contributed by atoms with E-state index in [1.165, 1.54) is 12.1 Å². The molecule has 0 atom stereocenters. The van der Waals surface area contributed by atoms with Crippen LogP contribution in [0.3, 0.4) is 0 Å². The number of hydrogen-bond acceptors (Lipinski definition) is 4. The highest BCUT2D eigenvalue weighted by Gasteiger charge is 2.26. The van der Waals surface area contributed by atoms with Crippen molar-refractivity contribution < 1.29 is 9.66 Å². The Morgan fingerprint density at radius 2 is 2.26 bits per heavy atom. The molecule has 0 fully saturated rings. The monoisotopic (exact) mass is 260 g/mol. The lowest BCUT2D eigenvalue weighted by Gasteiger charge is -2.07. The molecule has 1 heterocycles. The van der Waals surface area contributed by atoms with Crippen molar-refractivity contribution in [3.8, 4) is 0 Å². The SMILES string of the molecule is CC(=Cc1cccc([N+](=O)[O-])c1)C1=NC(C)(C)CO1. The molecule has 0 aliphatic carbocycles. The third-order valence-corrected chi connectivity index (χ3v) is 2.77. The van der Waals surface area contributed by atoms with Crippen LogP contribution in [0.2, 0.25) is 0 Å². The number of benzene rings is 1. The average molecular weight is 260 g/mol. The lowest BCUT2D eigenvalue weighted by molar-refractivity contribution is -0.384. The molecule has 0 spiro atoms. The Labute approximate surface area is 111 Å². The fourth-order valence-electron chi connectivity index (χ4n) is 1.83. The highest BCUT2D eigenvalue weighted by atomic mass is 16.6. The number of nitro benzene ring substituents is 1. The molecule has 5 nitrogen and oxygen atoms in total. The van der Waals surface area contributed by atoms with E-state index in [1.807, 2.05) is 32.9 Å². The highest BCUT2D eigenvalue weighted by molar-refractivity contribution is 5.98. The second-order valence-corrected chi connectivity index (χ2v) is 5.20. The van der Waals surface area contributed by atoms with Gasteiger partial charge >= 0.3 is 0 Å². The highest BCUT2D eigenvalue weighted by Crippen LogP contribution is 2.22. The van der Waals surface area contributed by atoms with Gasteiger partial charge in [0.05, 0.1) is 10.5 Å². The topological polar surface area (TPSA) is 64.7 Å². The zero-order chi connectivity index (χ0) is 14.0. The third kappa shape index (κ3) is 3.19. The molecule has 0 unspecified atom stereocenters. The first-order valence-electron chi connectivity index (χ1n) is 6.03. The predicted molar refractivity (Wildman–Crippen MR) is 74.2 cm³/mol. The molecule has 5 heteroatoms. The fraction of sp³-hybridized carbons (Fsp3) is 0.357. The molecular formula is C14H16N2O3. The van der Waals surface area contributed by atoms with E-state index < -0.39 is 4.92 Å². The van der Waals surface area contributed by atoms with Crippen molar-refractivity contribution in [2.24, 2.45) is 4.99 Å². The first-order valence-corrected chi connectivity index (χ1v) is 6.03. The summed E-state index contributed by atoms with van der Waals surface area (Å²) < 4.78 is 5.53. The van der Waals surface area contributed by atoms with Crippen LogP contribution in [0.5, 0.6) is 0 Å². The molecule has 0 radical (unpaired) electrons. The summed E-state index contributed by atoms with van der Waals surface area (Å²) in [6.45, 7) is 6.45. The smallest absolute Gasteiger partial charge is 0.270 e. The van der Waals surface area contributed by atoms with E-state index in [2.05, 4.69) is 4.99 Å². The molecule has 0 N–H and O–H groups in total. The van der Waals surface area contributed by atoms with Crippen molar-refractivity contribution >= 4 is 17.7 Å². The summed E-state index contributed by atoms with van der Waals surface area (Å²) in [6.07, 6.45) is 1.84. The molecule has 2 rings (SSSR count). The van der Waals surface area contributed by atoms with Crippen LogP contribution in [0.4, 0.5) is 5.69 Å². The van der Waals surface area contributed by atoms with Crippen LogP contribution in [0, 0.1) is 10.1 Å². The lowest BCUT2D eigenvalue weighted by atomic mass is 10.1. The van der Waals surface area contributed by atoms with Gasteiger partial charge in [0.2, 0.25) is 5.90 Å². The van der Waals surface area contributed by atoms with E-state index >= 15 is 0 Å². The van der Waals surface area contributed by atoms with Crippen LogP contribution in [0.25, 0.3) is 6.08 Å². The van der Waals surface area contributed by atoms with Gasteiger partial charge in [-0.2, -0.15) is 0 Å². The van der Waals surface area contributed by atoms with Crippen LogP contribution in [0.1, 0.15) is 26.3 Å². The standard InChI is InChI=1S/C14H16N2O3/c1-10(13-15-14(2,3)9-19-13)7-11-5-4-6-12(8-11)16(17)18/h4-8H,9H2,1-3H3. The van der Waals surface area contributed by atoms with Gasteiger partial charge in [0.15, 0.2) is 0 Å². The largest absolute Gasteiger partial charge is 0.475 e.